The van der Waals surface area contributed by atoms with Crippen LogP contribution in [0.4, 0.5) is 0 Å². The van der Waals surface area contributed by atoms with E-state index < -0.39 is 16.8 Å². The molecule has 0 aliphatic carbocycles. The van der Waals surface area contributed by atoms with Crippen LogP contribution in [0.2, 0.25) is 0 Å². The molecule has 10 heavy (non-hydrogen) atoms. The average molecular weight is 212 g/mol. The highest BCUT2D eigenvalue weighted by Crippen LogP contribution is 2.30. The Morgan fingerprint density at radius 3 is 2.60 bits per heavy atom. The number of hydrogen-bond acceptors (Lipinski definition) is 4. The summed E-state index contributed by atoms with van der Waals surface area (Å²) < 4.78 is 4.05. The fourth-order valence-corrected chi connectivity index (χ4v) is 1.53. The van der Waals surface area contributed by atoms with Gasteiger partial charge in [0.1, 0.15) is 6.10 Å². The number of aliphatic hydroxyl groups is 2. The van der Waals surface area contributed by atoms with Crippen molar-refractivity contribution in [1.29, 1.82) is 0 Å². The summed E-state index contributed by atoms with van der Waals surface area (Å²) in [5, 5.41) is 17.7. The second kappa shape index (κ2) is 2.75. The van der Waals surface area contributed by atoms with Crippen molar-refractivity contribution in [1.82, 2.24) is 0 Å². The molecule has 5 heteroatoms. The fourth-order valence-electron chi connectivity index (χ4n) is 0.954. The molecule has 4 nitrogen and oxygen atoms in total. The second-order valence-corrected chi connectivity index (χ2v) is 3.74. The summed E-state index contributed by atoms with van der Waals surface area (Å²) in [5.41, 5.74) is 5.46. The second-order valence-electron chi connectivity index (χ2n) is 2.40. The van der Waals surface area contributed by atoms with Crippen molar-refractivity contribution in [2.45, 2.75) is 23.3 Å². The zero-order valence-corrected chi connectivity index (χ0v) is 6.91. The van der Waals surface area contributed by atoms with E-state index in [0.717, 1.165) is 0 Å². The third-order valence-corrected chi connectivity index (χ3v) is 1.95. The van der Waals surface area contributed by atoms with E-state index in [4.69, 9.17) is 20.7 Å². The number of rotatable bonds is 1. The predicted octanol–water partition coefficient (Wildman–Crippen LogP) is -0.864. The van der Waals surface area contributed by atoms with Crippen molar-refractivity contribution in [2.24, 2.45) is 5.73 Å². The van der Waals surface area contributed by atoms with Crippen molar-refractivity contribution < 1.29 is 14.9 Å². The van der Waals surface area contributed by atoms with E-state index in [1.807, 2.05) is 0 Å². The first kappa shape index (κ1) is 8.42. The Morgan fingerprint density at radius 1 is 1.80 bits per heavy atom. The van der Waals surface area contributed by atoms with Gasteiger partial charge in [-0.2, -0.15) is 0 Å². The highest BCUT2D eigenvalue weighted by Gasteiger charge is 2.40. The SMILES string of the molecule is NC1(Br)C[C@H](O)[C@@H](CO)O1. The molecular weight excluding hydrogens is 202 g/mol. The van der Waals surface area contributed by atoms with E-state index in [-0.39, 0.29) is 6.61 Å². The molecule has 0 aromatic heterocycles. The molecule has 1 saturated heterocycles. The van der Waals surface area contributed by atoms with Gasteiger partial charge in [0.05, 0.1) is 12.7 Å². The molecule has 4 N–H and O–H groups in total. The standard InChI is InChI=1S/C5H10BrNO3/c6-5(7)1-3(9)4(2-8)10-5/h3-4,8-9H,1-2,7H2/t3-,4+,5?/m0/s1. The first-order chi connectivity index (χ1) is 4.55. The van der Waals surface area contributed by atoms with E-state index in [1.54, 1.807) is 0 Å². The number of halogens is 1. The van der Waals surface area contributed by atoms with Gasteiger partial charge in [-0.25, -0.2) is 0 Å². The van der Waals surface area contributed by atoms with Gasteiger partial charge in [-0.3, -0.25) is 5.73 Å². The van der Waals surface area contributed by atoms with Crippen LogP contribution >= 0.6 is 15.9 Å². The number of nitrogens with two attached hydrogens (primary N) is 1. The maximum Gasteiger partial charge on any atom is 0.176 e. The van der Waals surface area contributed by atoms with Gasteiger partial charge in [0.25, 0.3) is 0 Å². The van der Waals surface area contributed by atoms with Gasteiger partial charge in [0.15, 0.2) is 4.63 Å². The minimum absolute atomic E-state index is 0.203. The summed E-state index contributed by atoms with van der Waals surface area (Å²) in [6.07, 6.45) is -0.920. The first-order valence-corrected chi connectivity index (χ1v) is 3.79. The van der Waals surface area contributed by atoms with Crippen molar-refractivity contribution in [2.75, 3.05) is 6.61 Å². The predicted molar refractivity (Wildman–Crippen MR) is 38.4 cm³/mol. The summed E-state index contributed by atoms with van der Waals surface area (Å²) in [7, 11) is 0. The van der Waals surface area contributed by atoms with Crippen LogP contribution in [0.25, 0.3) is 0 Å². The van der Waals surface area contributed by atoms with Gasteiger partial charge < -0.3 is 14.9 Å². The quantitative estimate of drug-likeness (QED) is 0.390. The summed E-state index contributed by atoms with van der Waals surface area (Å²) >= 11 is 3.05. The summed E-state index contributed by atoms with van der Waals surface area (Å²) in [6, 6.07) is 0. The smallest absolute Gasteiger partial charge is 0.176 e. The van der Waals surface area contributed by atoms with E-state index in [9.17, 15) is 0 Å². The maximum absolute atomic E-state index is 9.13. The minimum atomic E-state index is -0.959. The molecular formula is C5H10BrNO3. The van der Waals surface area contributed by atoms with Gasteiger partial charge in [-0.05, 0) is 15.9 Å². The molecule has 0 spiro atoms. The van der Waals surface area contributed by atoms with Crippen molar-refractivity contribution in [3.8, 4) is 0 Å². The van der Waals surface area contributed by atoms with E-state index in [1.165, 1.54) is 0 Å². The highest BCUT2D eigenvalue weighted by atomic mass is 79.9. The van der Waals surface area contributed by atoms with Crippen molar-refractivity contribution >= 4 is 15.9 Å². The summed E-state index contributed by atoms with van der Waals surface area (Å²) in [6.45, 7) is -0.203. The monoisotopic (exact) mass is 211 g/mol. The van der Waals surface area contributed by atoms with Crippen molar-refractivity contribution in [3.63, 3.8) is 0 Å². The van der Waals surface area contributed by atoms with E-state index in [2.05, 4.69) is 15.9 Å². The largest absolute Gasteiger partial charge is 0.394 e. The summed E-state index contributed by atoms with van der Waals surface area (Å²) in [4.78, 5) is 0. The van der Waals surface area contributed by atoms with Crippen LogP contribution in [0, 0.1) is 0 Å². The molecule has 60 valence electrons. The normalized spacial score (nSPS) is 48.0. The average Bonchev–Trinajstić information content (AvgIpc) is 2.05. The molecule has 3 atom stereocenters. The van der Waals surface area contributed by atoms with Gasteiger partial charge in [0, 0.05) is 6.42 Å². The molecule has 0 bridgehead atoms. The highest BCUT2D eigenvalue weighted by molar-refractivity contribution is 9.10. The number of ether oxygens (including phenoxy) is 1. The first-order valence-electron chi connectivity index (χ1n) is 3.00. The van der Waals surface area contributed by atoms with Crippen LogP contribution in [-0.4, -0.2) is 33.7 Å². The molecule has 0 aromatic rings. The van der Waals surface area contributed by atoms with Gasteiger partial charge >= 0.3 is 0 Å². The minimum Gasteiger partial charge on any atom is -0.394 e. The van der Waals surface area contributed by atoms with Crippen LogP contribution < -0.4 is 5.73 Å². The van der Waals surface area contributed by atoms with Crippen LogP contribution in [0.1, 0.15) is 6.42 Å². The molecule has 1 rings (SSSR count). The molecule has 1 aliphatic heterocycles. The topological polar surface area (TPSA) is 75.7 Å². The number of hydrogen-bond donors (Lipinski definition) is 3. The lowest BCUT2D eigenvalue weighted by Gasteiger charge is -2.14. The molecule has 1 heterocycles. The van der Waals surface area contributed by atoms with Crippen LogP contribution in [0.15, 0.2) is 0 Å². The zero-order chi connectivity index (χ0) is 7.78. The number of aliphatic hydroxyl groups excluding tert-OH is 2. The third-order valence-electron chi connectivity index (χ3n) is 1.44. The third kappa shape index (κ3) is 1.67. The molecule has 0 saturated carbocycles. The Morgan fingerprint density at radius 2 is 2.40 bits per heavy atom. The lowest BCUT2D eigenvalue weighted by atomic mass is 10.2. The molecule has 0 aromatic carbocycles. The molecule has 0 radical (unpaired) electrons. The maximum atomic E-state index is 9.13. The van der Waals surface area contributed by atoms with Crippen LogP contribution in [0.3, 0.4) is 0 Å². The van der Waals surface area contributed by atoms with Gasteiger partial charge in [-0.1, -0.05) is 0 Å². The molecule has 1 unspecified atom stereocenters. The number of alkyl halides is 1. The summed E-state index contributed by atoms with van der Waals surface area (Å²) in [5.74, 6) is 0. The Bertz CT molecular complexity index is 130. The Labute approximate surface area is 67.1 Å². The van der Waals surface area contributed by atoms with Gasteiger partial charge in [0.2, 0.25) is 0 Å². The zero-order valence-electron chi connectivity index (χ0n) is 5.33. The van der Waals surface area contributed by atoms with Crippen LogP contribution in [0.5, 0.6) is 0 Å². The van der Waals surface area contributed by atoms with Crippen molar-refractivity contribution in [3.05, 3.63) is 0 Å². The van der Waals surface area contributed by atoms with E-state index in [0.29, 0.717) is 6.42 Å². The Balaban J connectivity index is 2.52. The Hall–Kier alpha value is 0.320. The molecule has 0 amide bonds. The van der Waals surface area contributed by atoms with E-state index >= 15 is 0 Å². The molecule has 1 aliphatic rings. The fraction of sp³-hybridized carbons (Fsp3) is 1.00. The lowest BCUT2D eigenvalue weighted by Crippen LogP contribution is -2.32. The lowest BCUT2D eigenvalue weighted by molar-refractivity contribution is -0.0291. The van der Waals surface area contributed by atoms with Crippen LogP contribution in [-0.2, 0) is 4.74 Å². The van der Waals surface area contributed by atoms with Gasteiger partial charge in [-0.15, -0.1) is 0 Å². The Kier molecular flexibility index (Phi) is 2.31. The molecule has 1 fully saturated rings.